The van der Waals surface area contributed by atoms with Crippen molar-refractivity contribution in [3.63, 3.8) is 0 Å². The second-order valence-corrected chi connectivity index (χ2v) is 5.37. The van der Waals surface area contributed by atoms with Gasteiger partial charge in [-0.15, -0.1) is 0 Å². The molecule has 0 spiro atoms. The van der Waals surface area contributed by atoms with E-state index in [0.29, 0.717) is 25.4 Å². The predicted molar refractivity (Wildman–Crippen MR) is 94.4 cm³/mol. The molecule has 0 saturated heterocycles. The molecule has 0 aliphatic heterocycles. The zero-order chi connectivity index (χ0) is 17.2. The van der Waals surface area contributed by atoms with Gasteiger partial charge in [-0.3, -0.25) is 0 Å². The lowest BCUT2D eigenvalue weighted by Crippen LogP contribution is -2.07. The van der Waals surface area contributed by atoms with E-state index in [4.69, 9.17) is 14.2 Å². The van der Waals surface area contributed by atoms with Crippen molar-refractivity contribution in [2.24, 2.45) is 0 Å². The van der Waals surface area contributed by atoms with Crippen molar-refractivity contribution in [1.29, 1.82) is 0 Å². The fraction of sp³-hybridized carbons (Fsp3) is 0.350. The van der Waals surface area contributed by atoms with E-state index in [9.17, 15) is 4.79 Å². The summed E-state index contributed by atoms with van der Waals surface area (Å²) in [4.78, 5) is 12.0. The normalized spacial score (nSPS) is 10.4. The molecule has 2 aromatic carbocycles. The number of hydrogen-bond donors (Lipinski definition) is 0. The molecule has 2 rings (SSSR count). The largest absolute Gasteiger partial charge is 0.494 e. The van der Waals surface area contributed by atoms with Gasteiger partial charge < -0.3 is 14.2 Å². The number of ether oxygens (including phenoxy) is 3. The van der Waals surface area contributed by atoms with Crippen LogP contribution in [0.1, 0.15) is 30.1 Å². The smallest absolute Gasteiger partial charge is 0.338 e. The molecule has 4 nitrogen and oxygen atoms in total. The maximum atomic E-state index is 12.0. The number of carbonyl (C=O) groups is 1. The van der Waals surface area contributed by atoms with Crippen LogP contribution in [0, 0.1) is 0 Å². The Morgan fingerprint density at radius 3 is 2.04 bits per heavy atom. The third-order valence-corrected chi connectivity index (χ3v) is 3.60. The third kappa shape index (κ3) is 5.39. The molecule has 0 saturated carbocycles. The van der Waals surface area contributed by atoms with Gasteiger partial charge in [0.15, 0.2) is 0 Å². The highest BCUT2D eigenvalue weighted by Crippen LogP contribution is 2.23. The van der Waals surface area contributed by atoms with Crippen LogP contribution in [0.3, 0.4) is 0 Å². The standard InChI is InChI=1S/C20H24O4/c1-3-23-19-12-10-17(11-13-19)16-6-8-18(9-7-16)20(21)24-15-5-4-14-22-2/h6-13H,3-5,14-15H2,1-2H3. The molecule has 24 heavy (non-hydrogen) atoms. The van der Waals surface area contributed by atoms with Crippen LogP contribution in [0.5, 0.6) is 5.75 Å². The van der Waals surface area contributed by atoms with Gasteiger partial charge in [0.1, 0.15) is 5.75 Å². The molecule has 0 heterocycles. The maximum Gasteiger partial charge on any atom is 0.338 e. The van der Waals surface area contributed by atoms with Crippen molar-refractivity contribution in [1.82, 2.24) is 0 Å². The van der Waals surface area contributed by atoms with Crippen LogP contribution in [0.25, 0.3) is 11.1 Å². The number of unbranched alkanes of at least 4 members (excludes halogenated alkanes) is 1. The Bertz CT molecular complexity index is 617. The molecule has 0 atom stereocenters. The summed E-state index contributed by atoms with van der Waals surface area (Å²) in [5.74, 6) is 0.570. The summed E-state index contributed by atoms with van der Waals surface area (Å²) in [6, 6.07) is 15.4. The number of carbonyl (C=O) groups excluding carboxylic acids is 1. The molecule has 0 aromatic heterocycles. The van der Waals surface area contributed by atoms with Crippen molar-refractivity contribution in [3.8, 4) is 16.9 Å². The number of hydrogen-bond acceptors (Lipinski definition) is 4. The van der Waals surface area contributed by atoms with Gasteiger partial charge >= 0.3 is 5.97 Å². The maximum absolute atomic E-state index is 12.0. The Kier molecular flexibility index (Phi) is 7.30. The van der Waals surface area contributed by atoms with Crippen LogP contribution in [0.15, 0.2) is 48.5 Å². The first-order chi connectivity index (χ1) is 11.7. The Morgan fingerprint density at radius 1 is 0.875 bits per heavy atom. The third-order valence-electron chi connectivity index (χ3n) is 3.60. The van der Waals surface area contributed by atoms with Gasteiger partial charge in [-0.1, -0.05) is 24.3 Å². The van der Waals surface area contributed by atoms with Crippen molar-refractivity contribution in [3.05, 3.63) is 54.1 Å². The van der Waals surface area contributed by atoms with Crippen LogP contribution in [0.4, 0.5) is 0 Å². The molecule has 0 unspecified atom stereocenters. The minimum Gasteiger partial charge on any atom is -0.494 e. The lowest BCUT2D eigenvalue weighted by molar-refractivity contribution is 0.0489. The summed E-state index contributed by atoms with van der Waals surface area (Å²) < 4.78 is 15.7. The topological polar surface area (TPSA) is 44.8 Å². The average Bonchev–Trinajstić information content (AvgIpc) is 2.62. The highest BCUT2D eigenvalue weighted by molar-refractivity contribution is 5.90. The number of methoxy groups -OCH3 is 1. The van der Waals surface area contributed by atoms with E-state index in [1.54, 1.807) is 19.2 Å². The fourth-order valence-electron chi connectivity index (χ4n) is 2.31. The molecule has 2 aromatic rings. The fourth-order valence-corrected chi connectivity index (χ4v) is 2.31. The molecule has 0 aliphatic carbocycles. The minimum atomic E-state index is -0.286. The van der Waals surface area contributed by atoms with Crippen molar-refractivity contribution in [2.45, 2.75) is 19.8 Å². The van der Waals surface area contributed by atoms with Gasteiger partial charge in [-0.2, -0.15) is 0 Å². The number of esters is 1. The first-order valence-corrected chi connectivity index (χ1v) is 8.24. The molecule has 0 aliphatic rings. The molecule has 0 bridgehead atoms. The first-order valence-electron chi connectivity index (χ1n) is 8.24. The van der Waals surface area contributed by atoms with Crippen LogP contribution in [-0.2, 0) is 9.47 Å². The summed E-state index contributed by atoms with van der Waals surface area (Å²) in [7, 11) is 1.66. The zero-order valence-electron chi connectivity index (χ0n) is 14.3. The van der Waals surface area contributed by atoms with E-state index >= 15 is 0 Å². The summed E-state index contributed by atoms with van der Waals surface area (Å²) >= 11 is 0. The van der Waals surface area contributed by atoms with Crippen LogP contribution < -0.4 is 4.74 Å². The second kappa shape index (κ2) is 9.73. The van der Waals surface area contributed by atoms with E-state index in [-0.39, 0.29) is 5.97 Å². The van der Waals surface area contributed by atoms with Crippen LogP contribution in [-0.4, -0.2) is 32.9 Å². The minimum absolute atomic E-state index is 0.286. The van der Waals surface area contributed by atoms with Crippen molar-refractivity contribution in [2.75, 3.05) is 26.9 Å². The van der Waals surface area contributed by atoms with E-state index in [1.807, 2.05) is 43.3 Å². The number of benzene rings is 2. The van der Waals surface area contributed by atoms with Gasteiger partial charge in [0.05, 0.1) is 18.8 Å². The Morgan fingerprint density at radius 2 is 1.46 bits per heavy atom. The molecule has 128 valence electrons. The second-order valence-electron chi connectivity index (χ2n) is 5.37. The van der Waals surface area contributed by atoms with E-state index < -0.39 is 0 Å². The van der Waals surface area contributed by atoms with Gasteiger partial charge in [0, 0.05) is 13.7 Å². The summed E-state index contributed by atoms with van der Waals surface area (Å²) in [5, 5.41) is 0. The van der Waals surface area contributed by atoms with Crippen molar-refractivity contribution >= 4 is 5.97 Å². The quantitative estimate of drug-likeness (QED) is 0.507. The highest BCUT2D eigenvalue weighted by atomic mass is 16.5. The molecule has 0 N–H and O–H groups in total. The SMILES string of the molecule is CCOc1ccc(-c2ccc(C(=O)OCCCCOC)cc2)cc1. The van der Waals surface area contributed by atoms with Crippen LogP contribution >= 0.6 is 0 Å². The molecular formula is C20H24O4. The molecule has 0 amide bonds. The molecular weight excluding hydrogens is 304 g/mol. The molecule has 0 fully saturated rings. The summed E-state index contributed by atoms with van der Waals surface area (Å²) in [6.07, 6.45) is 1.70. The van der Waals surface area contributed by atoms with Gasteiger partial charge in [0.2, 0.25) is 0 Å². The summed E-state index contributed by atoms with van der Waals surface area (Å²) in [6.45, 7) is 3.72. The van der Waals surface area contributed by atoms with E-state index in [2.05, 4.69) is 0 Å². The number of rotatable bonds is 9. The molecule has 4 heteroatoms. The van der Waals surface area contributed by atoms with E-state index in [1.165, 1.54) is 0 Å². The predicted octanol–water partition coefficient (Wildman–Crippen LogP) is 4.34. The van der Waals surface area contributed by atoms with Gasteiger partial charge in [-0.05, 0) is 55.2 Å². The van der Waals surface area contributed by atoms with Gasteiger partial charge in [0.25, 0.3) is 0 Å². The lowest BCUT2D eigenvalue weighted by Gasteiger charge is -2.07. The molecule has 0 radical (unpaired) electrons. The zero-order valence-corrected chi connectivity index (χ0v) is 14.3. The lowest BCUT2D eigenvalue weighted by atomic mass is 10.0. The monoisotopic (exact) mass is 328 g/mol. The van der Waals surface area contributed by atoms with Crippen molar-refractivity contribution < 1.29 is 19.0 Å². The Hall–Kier alpha value is -2.33. The summed E-state index contributed by atoms with van der Waals surface area (Å²) in [5.41, 5.74) is 2.70. The van der Waals surface area contributed by atoms with Crippen LogP contribution in [0.2, 0.25) is 0 Å². The Balaban J connectivity index is 1.91. The van der Waals surface area contributed by atoms with E-state index in [0.717, 1.165) is 29.7 Å². The average molecular weight is 328 g/mol. The van der Waals surface area contributed by atoms with Gasteiger partial charge in [-0.25, -0.2) is 4.79 Å². The highest BCUT2D eigenvalue weighted by Gasteiger charge is 2.07. The first kappa shape index (κ1) is 18.0. The Labute approximate surface area is 143 Å².